The summed E-state index contributed by atoms with van der Waals surface area (Å²) in [6, 6.07) is 12.2. The van der Waals surface area contributed by atoms with Gasteiger partial charge in [-0.25, -0.2) is 0 Å². The molecule has 0 N–H and O–H groups in total. The van der Waals surface area contributed by atoms with Crippen molar-refractivity contribution in [3.8, 4) is 0 Å². The fourth-order valence-electron chi connectivity index (χ4n) is 2.02. The maximum atomic E-state index is 6.04. The molecule has 1 aromatic heterocycles. The van der Waals surface area contributed by atoms with Crippen LogP contribution in [0.4, 0.5) is 5.69 Å². The van der Waals surface area contributed by atoms with Gasteiger partial charge in [-0.2, -0.15) is 0 Å². The Morgan fingerprint density at radius 3 is 2.74 bits per heavy atom. The predicted octanol–water partition coefficient (Wildman–Crippen LogP) is 4.61. The quantitative estimate of drug-likeness (QED) is 0.740. The van der Waals surface area contributed by atoms with Gasteiger partial charge in [0.15, 0.2) is 0 Å². The number of alkyl halides is 1. The standard InChI is InChI=1S/C15H16BrClN2/c1-2-19(11-14-5-3-4-8-18-14)15-7-6-13(16)9-12(15)10-17/h3-9H,2,10-11H2,1H3. The lowest BCUT2D eigenvalue weighted by molar-refractivity contribution is 0.805. The van der Waals surface area contributed by atoms with Crippen LogP contribution in [0, 0.1) is 0 Å². The van der Waals surface area contributed by atoms with Crippen molar-refractivity contribution in [2.24, 2.45) is 0 Å². The van der Waals surface area contributed by atoms with Crippen LogP contribution in [-0.4, -0.2) is 11.5 Å². The molecule has 0 spiro atoms. The van der Waals surface area contributed by atoms with Crippen molar-refractivity contribution < 1.29 is 0 Å². The van der Waals surface area contributed by atoms with Gasteiger partial charge in [-0.15, -0.1) is 11.6 Å². The highest BCUT2D eigenvalue weighted by atomic mass is 79.9. The minimum absolute atomic E-state index is 0.507. The van der Waals surface area contributed by atoms with Crippen LogP contribution >= 0.6 is 27.5 Å². The van der Waals surface area contributed by atoms with Gasteiger partial charge in [-0.3, -0.25) is 4.98 Å². The monoisotopic (exact) mass is 338 g/mol. The van der Waals surface area contributed by atoms with Crippen molar-refractivity contribution in [1.82, 2.24) is 4.98 Å². The first-order valence-electron chi connectivity index (χ1n) is 6.24. The fourth-order valence-corrected chi connectivity index (χ4v) is 2.65. The van der Waals surface area contributed by atoms with Crippen molar-refractivity contribution in [3.05, 3.63) is 58.3 Å². The summed E-state index contributed by atoms with van der Waals surface area (Å²) in [5, 5.41) is 0. The van der Waals surface area contributed by atoms with E-state index in [1.165, 1.54) is 5.69 Å². The number of hydrogen-bond acceptors (Lipinski definition) is 2. The predicted molar refractivity (Wildman–Crippen MR) is 84.7 cm³/mol. The van der Waals surface area contributed by atoms with Crippen molar-refractivity contribution in [1.29, 1.82) is 0 Å². The molecule has 0 amide bonds. The summed E-state index contributed by atoms with van der Waals surface area (Å²) in [7, 11) is 0. The molecule has 0 saturated carbocycles. The number of halogens is 2. The lowest BCUT2D eigenvalue weighted by Gasteiger charge is -2.25. The Kier molecular flexibility index (Phi) is 5.23. The van der Waals surface area contributed by atoms with Gasteiger partial charge in [-0.1, -0.05) is 22.0 Å². The maximum Gasteiger partial charge on any atom is 0.0602 e. The summed E-state index contributed by atoms with van der Waals surface area (Å²) in [6.07, 6.45) is 1.83. The zero-order chi connectivity index (χ0) is 13.7. The molecule has 2 nitrogen and oxygen atoms in total. The molecule has 0 bridgehead atoms. The Hall–Kier alpha value is -1.06. The van der Waals surface area contributed by atoms with Crippen molar-refractivity contribution >= 4 is 33.2 Å². The van der Waals surface area contributed by atoms with Crippen LogP contribution in [0.25, 0.3) is 0 Å². The molecule has 2 rings (SSSR count). The van der Waals surface area contributed by atoms with Gasteiger partial charge in [0.05, 0.1) is 12.2 Å². The first-order chi connectivity index (χ1) is 9.24. The van der Waals surface area contributed by atoms with E-state index < -0.39 is 0 Å². The van der Waals surface area contributed by atoms with E-state index in [2.05, 4.69) is 44.9 Å². The molecule has 1 aromatic carbocycles. The van der Waals surface area contributed by atoms with E-state index in [1.807, 2.05) is 30.5 Å². The summed E-state index contributed by atoms with van der Waals surface area (Å²) in [5.74, 6) is 0.507. The van der Waals surface area contributed by atoms with Crippen LogP contribution in [0.2, 0.25) is 0 Å². The minimum atomic E-state index is 0.507. The minimum Gasteiger partial charge on any atom is -0.366 e. The van der Waals surface area contributed by atoms with E-state index in [1.54, 1.807) is 0 Å². The normalized spacial score (nSPS) is 10.5. The van der Waals surface area contributed by atoms with Crippen molar-refractivity contribution in [2.75, 3.05) is 11.4 Å². The SMILES string of the molecule is CCN(Cc1ccccn1)c1ccc(Br)cc1CCl. The zero-order valence-corrected chi connectivity index (χ0v) is 13.2. The van der Waals surface area contributed by atoms with Gasteiger partial charge in [0.1, 0.15) is 0 Å². The van der Waals surface area contributed by atoms with E-state index in [9.17, 15) is 0 Å². The molecule has 19 heavy (non-hydrogen) atoms. The molecular weight excluding hydrogens is 324 g/mol. The van der Waals surface area contributed by atoms with E-state index in [-0.39, 0.29) is 0 Å². The molecule has 0 unspecified atom stereocenters. The van der Waals surface area contributed by atoms with Crippen LogP contribution in [0.1, 0.15) is 18.2 Å². The molecule has 0 radical (unpaired) electrons. The summed E-state index contributed by atoms with van der Waals surface area (Å²) < 4.78 is 1.06. The van der Waals surface area contributed by atoms with E-state index in [0.29, 0.717) is 5.88 Å². The lowest BCUT2D eigenvalue weighted by atomic mass is 10.1. The van der Waals surface area contributed by atoms with Gasteiger partial charge in [0.2, 0.25) is 0 Å². The Morgan fingerprint density at radius 2 is 2.11 bits per heavy atom. The van der Waals surface area contributed by atoms with Crippen LogP contribution in [0.3, 0.4) is 0 Å². The van der Waals surface area contributed by atoms with E-state index >= 15 is 0 Å². The Morgan fingerprint density at radius 1 is 1.26 bits per heavy atom. The molecule has 0 atom stereocenters. The molecule has 0 aliphatic carbocycles. The van der Waals surface area contributed by atoms with Crippen molar-refractivity contribution in [3.63, 3.8) is 0 Å². The second-order valence-corrected chi connectivity index (χ2v) is 5.42. The van der Waals surface area contributed by atoms with Crippen LogP contribution in [0.15, 0.2) is 47.1 Å². The molecule has 2 aromatic rings. The summed E-state index contributed by atoms with van der Waals surface area (Å²) >= 11 is 9.53. The topological polar surface area (TPSA) is 16.1 Å². The van der Waals surface area contributed by atoms with Gasteiger partial charge >= 0.3 is 0 Å². The number of nitrogens with zero attached hydrogens (tertiary/aromatic N) is 2. The largest absolute Gasteiger partial charge is 0.366 e. The molecule has 4 heteroatoms. The Balaban J connectivity index is 2.27. The molecule has 100 valence electrons. The Bertz CT molecular complexity index is 531. The zero-order valence-electron chi connectivity index (χ0n) is 10.8. The number of pyridine rings is 1. The van der Waals surface area contributed by atoms with Crippen molar-refractivity contribution in [2.45, 2.75) is 19.3 Å². The first kappa shape index (κ1) is 14.4. The average molecular weight is 340 g/mol. The number of rotatable bonds is 5. The number of aromatic nitrogens is 1. The van der Waals surface area contributed by atoms with Gasteiger partial charge in [-0.05, 0) is 42.8 Å². The highest BCUT2D eigenvalue weighted by Crippen LogP contribution is 2.27. The number of anilines is 1. The highest BCUT2D eigenvalue weighted by Gasteiger charge is 2.10. The molecule has 0 saturated heterocycles. The van der Waals surface area contributed by atoms with E-state index in [4.69, 9.17) is 11.6 Å². The fraction of sp³-hybridized carbons (Fsp3) is 0.267. The molecule has 0 aliphatic rings. The smallest absolute Gasteiger partial charge is 0.0602 e. The van der Waals surface area contributed by atoms with Crippen LogP contribution in [-0.2, 0) is 12.4 Å². The molecular formula is C15H16BrClN2. The molecule has 0 fully saturated rings. The highest BCUT2D eigenvalue weighted by molar-refractivity contribution is 9.10. The third-order valence-corrected chi connectivity index (χ3v) is 3.77. The molecule has 0 aliphatic heterocycles. The third kappa shape index (κ3) is 3.71. The number of hydrogen-bond donors (Lipinski definition) is 0. The van der Waals surface area contributed by atoms with Gasteiger partial charge < -0.3 is 4.90 Å². The van der Waals surface area contributed by atoms with Crippen LogP contribution in [0.5, 0.6) is 0 Å². The van der Waals surface area contributed by atoms with Gasteiger partial charge in [0, 0.05) is 28.8 Å². The average Bonchev–Trinajstić information content (AvgIpc) is 2.46. The lowest BCUT2D eigenvalue weighted by Crippen LogP contribution is -2.23. The second-order valence-electron chi connectivity index (χ2n) is 4.24. The summed E-state index contributed by atoms with van der Waals surface area (Å²) in [4.78, 5) is 6.67. The van der Waals surface area contributed by atoms with E-state index in [0.717, 1.165) is 28.8 Å². The summed E-state index contributed by atoms with van der Waals surface area (Å²) in [6.45, 7) is 3.86. The van der Waals surface area contributed by atoms with Crippen LogP contribution < -0.4 is 4.90 Å². The Labute approximate surface area is 127 Å². The second kappa shape index (κ2) is 6.92. The summed E-state index contributed by atoms with van der Waals surface area (Å²) in [5.41, 5.74) is 3.37. The van der Waals surface area contributed by atoms with Gasteiger partial charge in [0.25, 0.3) is 0 Å². The third-order valence-electron chi connectivity index (χ3n) is 2.99. The maximum absolute atomic E-state index is 6.04. The molecule has 1 heterocycles. The number of benzene rings is 1. The first-order valence-corrected chi connectivity index (χ1v) is 7.56.